The molecule has 142 valence electrons. The van der Waals surface area contributed by atoms with Gasteiger partial charge in [0.2, 0.25) is 0 Å². The Kier molecular flexibility index (Phi) is 5.31. The van der Waals surface area contributed by atoms with Crippen molar-refractivity contribution in [2.45, 2.75) is 31.7 Å². The van der Waals surface area contributed by atoms with E-state index < -0.39 is 0 Å². The molecule has 3 saturated carbocycles. The summed E-state index contributed by atoms with van der Waals surface area (Å²) in [5.41, 5.74) is 0. The van der Waals surface area contributed by atoms with Crippen LogP contribution < -0.4 is 10.2 Å². The van der Waals surface area contributed by atoms with Crippen molar-refractivity contribution in [2.24, 2.45) is 17.8 Å². The summed E-state index contributed by atoms with van der Waals surface area (Å²) in [6.45, 7) is 3.06. The molecule has 0 radical (unpaired) electrons. The first-order valence-electron chi connectivity index (χ1n) is 9.37. The molecule has 1 aromatic rings. The number of esters is 1. The standard InChI is InChI=1S/C18H25BrN4O3/c1-25-17(24)15-11-2-4-12(5-3-11)16(15)20-13-10-14(22-18(19)21-13)23-6-8-26-9-7-23/h10-12,15-16H,2-9H2,1H3,(H,20,21,22). The van der Waals surface area contributed by atoms with Crippen LogP contribution in [0.3, 0.4) is 0 Å². The molecular weight excluding hydrogens is 400 g/mol. The van der Waals surface area contributed by atoms with Gasteiger partial charge in [-0.15, -0.1) is 0 Å². The van der Waals surface area contributed by atoms with Gasteiger partial charge >= 0.3 is 5.97 Å². The quantitative estimate of drug-likeness (QED) is 0.587. The van der Waals surface area contributed by atoms with E-state index in [9.17, 15) is 4.79 Å². The highest BCUT2D eigenvalue weighted by atomic mass is 79.9. The van der Waals surface area contributed by atoms with Crippen molar-refractivity contribution < 1.29 is 14.3 Å². The molecule has 5 rings (SSSR count). The zero-order valence-corrected chi connectivity index (χ0v) is 16.6. The Morgan fingerprint density at radius 2 is 1.92 bits per heavy atom. The highest BCUT2D eigenvalue weighted by Gasteiger charge is 2.47. The number of ether oxygens (including phenoxy) is 2. The molecule has 0 aromatic carbocycles. The number of carbonyl (C=O) groups is 1. The summed E-state index contributed by atoms with van der Waals surface area (Å²) < 4.78 is 11.1. The van der Waals surface area contributed by atoms with Crippen molar-refractivity contribution >= 4 is 33.5 Å². The minimum absolute atomic E-state index is 0.0780. The van der Waals surface area contributed by atoms with Gasteiger partial charge in [-0.05, 0) is 53.4 Å². The maximum absolute atomic E-state index is 12.4. The normalized spacial score (nSPS) is 30.9. The van der Waals surface area contributed by atoms with E-state index in [-0.39, 0.29) is 17.9 Å². The lowest BCUT2D eigenvalue weighted by Gasteiger charge is -2.47. The van der Waals surface area contributed by atoms with Crippen LogP contribution in [0, 0.1) is 17.8 Å². The Hall–Kier alpha value is -1.41. The predicted molar refractivity (Wildman–Crippen MR) is 101 cm³/mol. The number of carbonyl (C=O) groups excluding carboxylic acids is 1. The molecule has 2 unspecified atom stereocenters. The zero-order valence-electron chi connectivity index (χ0n) is 15.0. The van der Waals surface area contributed by atoms with E-state index in [0.29, 0.717) is 29.8 Å². The lowest BCUT2D eigenvalue weighted by atomic mass is 9.61. The van der Waals surface area contributed by atoms with Gasteiger partial charge in [-0.1, -0.05) is 0 Å². The van der Waals surface area contributed by atoms with Crippen molar-refractivity contribution in [3.05, 3.63) is 10.8 Å². The number of hydrogen-bond donors (Lipinski definition) is 1. The first-order chi connectivity index (χ1) is 12.7. The van der Waals surface area contributed by atoms with Gasteiger partial charge in [0.05, 0.1) is 26.2 Å². The van der Waals surface area contributed by atoms with E-state index in [2.05, 4.69) is 36.1 Å². The van der Waals surface area contributed by atoms with E-state index in [1.54, 1.807) is 0 Å². The third-order valence-corrected chi connectivity index (χ3v) is 6.38. The monoisotopic (exact) mass is 424 g/mol. The minimum atomic E-state index is -0.0987. The minimum Gasteiger partial charge on any atom is -0.469 e. The topological polar surface area (TPSA) is 76.6 Å². The van der Waals surface area contributed by atoms with Crippen LogP contribution in [0.15, 0.2) is 10.8 Å². The molecule has 4 aliphatic rings. The van der Waals surface area contributed by atoms with Gasteiger partial charge in [0, 0.05) is 25.2 Å². The molecule has 0 amide bonds. The summed E-state index contributed by atoms with van der Waals surface area (Å²) in [5, 5.41) is 3.56. The fourth-order valence-corrected chi connectivity index (χ4v) is 5.11. The van der Waals surface area contributed by atoms with Crippen LogP contribution in [-0.4, -0.2) is 55.4 Å². The summed E-state index contributed by atoms with van der Waals surface area (Å²) in [6.07, 6.45) is 4.57. The molecule has 2 atom stereocenters. The van der Waals surface area contributed by atoms with Crippen LogP contribution in [-0.2, 0) is 14.3 Å². The largest absolute Gasteiger partial charge is 0.469 e. The number of methoxy groups -OCH3 is 1. The SMILES string of the molecule is COC(=O)C1C2CCC(CC2)C1Nc1cc(N2CCOCC2)nc(Br)n1. The number of anilines is 2. The average molecular weight is 425 g/mol. The van der Waals surface area contributed by atoms with E-state index in [4.69, 9.17) is 9.47 Å². The van der Waals surface area contributed by atoms with Crippen LogP contribution in [0.25, 0.3) is 0 Å². The van der Waals surface area contributed by atoms with Crippen molar-refractivity contribution in [3.63, 3.8) is 0 Å². The van der Waals surface area contributed by atoms with Crippen LogP contribution in [0.5, 0.6) is 0 Å². The maximum Gasteiger partial charge on any atom is 0.311 e. The Morgan fingerprint density at radius 1 is 1.23 bits per heavy atom. The van der Waals surface area contributed by atoms with Gasteiger partial charge in [0.15, 0.2) is 4.73 Å². The Balaban J connectivity index is 1.57. The number of aromatic nitrogens is 2. The summed E-state index contributed by atoms with van der Waals surface area (Å²) in [7, 11) is 1.49. The fraction of sp³-hybridized carbons (Fsp3) is 0.722. The van der Waals surface area contributed by atoms with E-state index in [1.165, 1.54) is 20.0 Å². The van der Waals surface area contributed by atoms with Gasteiger partial charge < -0.3 is 19.7 Å². The Bertz CT molecular complexity index is 660. The molecule has 7 nitrogen and oxygen atoms in total. The third-order valence-electron chi connectivity index (χ3n) is 6.03. The molecule has 1 N–H and O–H groups in total. The first-order valence-corrected chi connectivity index (χ1v) is 10.2. The summed E-state index contributed by atoms with van der Waals surface area (Å²) in [4.78, 5) is 23.6. The number of fused-ring (bicyclic) bond motifs is 3. The molecule has 2 heterocycles. The van der Waals surface area contributed by atoms with Crippen molar-refractivity contribution in [2.75, 3.05) is 43.6 Å². The van der Waals surface area contributed by atoms with E-state index >= 15 is 0 Å². The number of nitrogens with one attached hydrogen (secondary N) is 1. The molecule has 0 spiro atoms. The first kappa shape index (κ1) is 18.0. The third kappa shape index (κ3) is 3.53. The van der Waals surface area contributed by atoms with Crippen LogP contribution in [0.4, 0.5) is 11.6 Å². The number of rotatable bonds is 4. The number of hydrogen-bond acceptors (Lipinski definition) is 7. The average Bonchev–Trinajstić information content (AvgIpc) is 2.68. The van der Waals surface area contributed by atoms with Gasteiger partial charge in [0.25, 0.3) is 0 Å². The molecule has 3 aliphatic carbocycles. The molecular formula is C18H25BrN4O3. The predicted octanol–water partition coefficient (Wildman–Crippen LogP) is 2.47. The zero-order chi connectivity index (χ0) is 18.1. The van der Waals surface area contributed by atoms with Crippen LogP contribution in [0.2, 0.25) is 0 Å². The highest BCUT2D eigenvalue weighted by Crippen LogP contribution is 2.46. The lowest BCUT2D eigenvalue weighted by molar-refractivity contribution is -0.152. The van der Waals surface area contributed by atoms with Gasteiger partial charge in [-0.25, -0.2) is 9.97 Å². The number of morpholine rings is 1. The van der Waals surface area contributed by atoms with E-state index in [0.717, 1.165) is 37.6 Å². The van der Waals surface area contributed by atoms with Crippen molar-refractivity contribution in [1.29, 1.82) is 0 Å². The Labute approximate surface area is 162 Å². The van der Waals surface area contributed by atoms with Crippen LogP contribution >= 0.6 is 15.9 Å². The highest BCUT2D eigenvalue weighted by molar-refractivity contribution is 9.10. The second-order valence-corrected chi connectivity index (χ2v) is 8.08. The number of nitrogens with zero attached hydrogens (tertiary/aromatic N) is 3. The van der Waals surface area contributed by atoms with Crippen molar-refractivity contribution in [1.82, 2.24) is 9.97 Å². The second-order valence-electron chi connectivity index (χ2n) is 7.37. The smallest absolute Gasteiger partial charge is 0.311 e. The molecule has 1 aliphatic heterocycles. The fourth-order valence-electron chi connectivity index (χ4n) is 4.74. The van der Waals surface area contributed by atoms with Gasteiger partial charge in [-0.2, -0.15) is 0 Å². The summed E-state index contributed by atoms with van der Waals surface area (Å²) in [6, 6.07) is 2.06. The molecule has 1 aromatic heterocycles. The van der Waals surface area contributed by atoms with Crippen molar-refractivity contribution in [3.8, 4) is 0 Å². The molecule has 4 fully saturated rings. The van der Waals surface area contributed by atoms with Gasteiger partial charge in [0.1, 0.15) is 11.6 Å². The second kappa shape index (κ2) is 7.68. The van der Waals surface area contributed by atoms with Crippen LogP contribution in [0.1, 0.15) is 25.7 Å². The molecule has 26 heavy (non-hydrogen) atoms. The van der Waals surface area contributed by atoms with E-state index in [1.807, 2.05) is 6.07 Å². The molecule has 1 saturated heterocycles. The number of halogens is 1. The lowest BCUT2D eigenvalue weighted by Crippen LogP contribution is -2.51. The molecule has 8 heteroatoms. The maximum atomic E-state index is 12.4. The summed E-state index contributed by atoms with van der Waals surface area (Å²) in [5.74, 6) is 2.36. The summed E-state index contributed by atoms with van der Waals surface area (Å²) >= 11 is 3.43. The molecule has 2 bridgehead atoms. The Morgan fingerprint density at radius 3 is 2.62 bits per heavy atom. The van der Waals surface area contributed by atoms with Gasteiger partial charge in [-0.3, -0.25) is 4.79 Å².